The van der Waals surface area contributed by atoms with Crippen LogP contribution < -0.4 is 5.32 Å². The van der Waals surface area contributed by atoms with Gasteiger partial charge in [-0.3, -0.25) is 9.59 Å². The first kappa shape index (κ1) is 13.6. The summed E-state index contributed by atoms with van der Waals surface area (Å²) in [4.78, 5) is 29.0. The van der Waals surface area contributed by atoms with E-state index in [1.165, 1.54) is 11.3 Å². The second-order valence-corrected chi connectivity index (χ2v) is 6.19. The Kier molecular flexibility index (Phi) is 4.03. The van der Waals surface area contributed by atoms with Crippen molar-refractivity contribution in [2.45, 2.75) is 18.9 Å². The van der Waals surface area contributed by atoms with Crippen molar-refractivity contribution in [3.63, 3.8) is 0 Å². The maximum Gasteiger partial charge on any atom is 0.264 e. The third-order valence-corrected chi connectivity index (χ3v) is 4.83. The van der Waals surface area contributed by atoms with Crippen LogP contribution in [0.2, 0.25) is 0 Å². The molecule has 3 heterocycles. The Morgan fingerprint density at radius 3 is 2.55 bits per heavy atom. The number of hydrogen-bond acceptors (Lipinski definition) is 4. The Bertz CT molecular complexity index is 475. The molecule has 0 bridgehead atoms. The van der Waals surface area contributed by atoms with Crippen LogP contribution in [0, 0.1) is 0 Å². The minimum atomic E-state index is -0.00505. The van der Waals surface area contributed by atoms with Crippen molar-refractivity contribution in [2.24, 2.45) is 0 Å². The number of carbonyl (C=O) groups excluding carboxylic acids is 2. The zero-order chi connectivity index (χ0) is 13.9. The van der Waals surface area contributed by atoms with Crippen LogP contribution in [0.1, 0.15) is 22.5 Å². The fourth-order valence-corrected chi connectivity index (χ4v) is 3.49. The molecule has 0 aliphatic carbocycles. The van der Waals surface area contributed by atoms with E-state index in [2.05, 4.69) is 5.32 Å². The standard InChI is InChI=1S/C14H19N3O2S/c18-13(11-3-1-5-15-11)16-6-8-17(9-7-16)14(19)12-4-2-10-20-12/h2,4,10-11,15H,1,3,5-9H2/t11-/m0/s1. The van der Waals surface area contributed by atoms with Crippen molar-refractivity contribution in [1.29, 1.82) is 0 Å². The lowest BCUT2D eigenvalue weighted by Gasteiger charge is -2.35. The van der Waals surface area contributed by atoms with E-state index in [-0.39, 0.29) is 17.9 Å². The molecular weight excluding hydrogens is 274 g/mol. The minimum absolute atomic E-state index is 0.00505. The van der Waals surface area contributed by atoms with Crippen LogP contribution in [0.5, 0.6) is 0 Å². The highest BCUT2D eigenvalue weighted by Gasteiger charge is 2.30. The van der Waals surface area contributed by atoms with Gasteiger partial charge in [0, 0.05) is 26.2 Å². The average Bonchev–Trinajstić information content (AvgIpc) is 3.18. The number of nitrogens with zero attached hydrogens (tertiary/aromatic N) is 2. The Labute approximate surface area is 122 Å². The van der Waals surface area contributed by atoms with Gasteiger partial charge in [-0.25, -0.2) is 0 Å². The molecular formula is C14H19N3O2S. The maximum atomic E-state index is 12.3. The quantitative estimate of drug-likeness (QED) is 0.877. The molecule has 5 nitrogen and oxygen atoms in total. The van der Waals surface area contributed by atoms with E-state index < -0.39 is 0 Å². The molecule has 20 heavy (non-hydrogen) atoms. The Hall–Kier alpha value is -1.40. The van der Waals surface area contributed by atoms with Crippen molar-refractivity contribution in [1.82, 2.24) is 15.1 Å². The van der Waals surface area contributed by atoms with Crippen LogP contribution in [0.3, 0.4) is 0 Å². The van der Waals surface area contributed by atoms with Gasteiger partial charge in [-0.1, -0.05) is 6.07 Å². The zero-order valence-electron chi connectivity index (χ0n) is 11.4. The molecule has 108 valence electrons. The Morgan fingerprint density at radius 1 is 1.20 bits per heavy atom. The van der Waals surface area contributed by atoms with E-state index >= 15 is 0 Å². The summed E-state index contributed by atoms with van der Waals surface area (Å²) in [6.07, 6.45) is 2.01. The summed E-state index contributed by atoms with van der Waals surface area (Å²) in [7, 11) is 0. The first-order chi connectivity index (χ1) is 9.75. The first-order valence-corrected chi connectivity index (χ1v) is 7.98. The van der Waals surface area contributed by atoms with E-state index in [1.54, 1.807) is 0 Å². The third-order valence-electron chi connectivity index (χ3n) is 3.97. The molecule has 1 aromatic heterocycles. The van der Waals surface area contributed by atoms with Gasteiger partial charge in [-0.15, -0.1) is 11.3 Å². The average molecular weight is 293 g/mol. The van der Waals surface area contributed by atoms with Gasteiger partial charge in [0.2, 0.25) is 5.91 Å². The molecule has 0 unspecified atom stereocenters. The Balaban J connectivity index is 1.54. The van der Waals surface area contributed by atoms with Gasteiger partial charge in [0.25, 0.3) is 5.91 Å². The lowest BCUT2D eigenvalue weighted by atomic mass is 10.2. The lowest BCUT2D eigenvalue weighted by molar-refractivity contribution is -0.134. The summed E-state index contributed by atoms with van der Waals surface area (Å²) in [5.41, 5.74) is 0. The first-order valence-electron chi connectivity index (χ1n) is 7.10. The van der Waals surface area contributed by atoms with E-state index in [4.69, 9.17) is 0 Å². The minimum Gasteiger partial charge on any atom is -0.338 e. The highest BCUT2D eigenvalue weighted by molar-refractivity contribution is 7.12. The van der Waals surface area contributed by atoms with Crippen LogP contribution in [0.4, 0.5) is 0 Å². The SMILES string of the molecule is O=C(c1cccs1)N1CCN(C(=O)[C@@H]2CCCN2)CC1. The molecule has 0 saturated carbocycles. The van der Waals surface area contributed by atoms with E-state index in [9.17, 15) is 9.59 Å². The molecule has 6 heteroatoms. The van der Waals surface area contributed by atoms with E-state index in [1.807, 2.05) is 27.3 Å². The predicted molar refractivity (Wildman–Crippen MR) is 77.8 cm³/mol. The molecule has 0 aromatic carbocycles. The molecule has 2 aliphatic heterocycles. The van der Waals surface area contributed by atoms with E-state index in [0.717, 1.165) is 24.3 Å². The van der Waals surface area contributed by atoms with Gasteiger partial charge < -0.3 is 15.1 Å². The predicted octanol–water partition coefficient (Wildman–Crippen LogP) is 0.784. The van der Waals surface area contributed by atoms with Gasteiger partial charge in [-0.2, -0.15) is 0 Å². The summed E-state index contributed by atoms with van der Waals surface area (Å²) in [5, 5.41) is 5.16. The van der Waals surface area contributed by atoms with Gasteiger partial charge >= 0.3 is 0 Å². The van der Waals surface area contributed by atoms with Crippen molar-refractivity contribution in [3.05, 3.63) is 22.4 Å². The summed E-state index contributed by atoms with van der Waals surface area (Å²) in [6, 6.07) is 3.74. The Morgan fingerprint density at radius 2 is 1.95 bits per heavy atom. The normalized spacial score (nSPS) is 23.1. The topological polar surface area (TPSA) is 52.7 Å². The van der Waals surface area contributed by atoms with Crippen molar-refractivity contribution < 1.29 is 9.59 Å². The molecule has 3 rings (SSSR count). The smallest absolute Gasteiger partial charge is 0.264 e. The molecule has 1 aromatic rings. The van der Waals surface area contributed by atoms with Crippen molar-refractivity contribution in [2.75, 3.05) is 32.7 Å². The van der Waals surface area contributed by atoms with Gasteiger partial charge in [0.05, 0.1) is 10.9 Å². The lowest BCUT2D eigenvalue weighted by Crippen LogP contribution is -2.54. The number of piperazine rings is 1. The van der Waals surface area contributed by atoms with Crippen LogP contribution in [-0.2, 0) is 4.79 Å². The molecule has 0 spiro atoms. The van der Waals surface area contributed by atoms with Crippen LogP contribution in [-0.4, -0.2) is 60.4 Å². The molecule has 0 radical (unpaired) electrons. The molecule has 1 atom stereocenters. The number of thiophene rings is 1. The number of hydrogen-bond donors (Lipinski definition) is 1. The van der Waals surface area contributed by atoms with Gasteiger partial charge in [0.15, 0.2) is 0 Å². The number of carbonyl (C=O) groups is 2. The largest absolute Gasteiger partial charge is 0.338 e. The van der Waals surface area contributed by atoms with Gasteiger partial charge in [-0.05, 0) is 30.8 Å². The summed E-state index contributed by atoms with van der Waals surface area (Å²) in [6.45, 7) is 3.50. The fourth-order valence-electron chi connectivity index (χ4n) is 2.80. The maximum absolute atomic E-state index is 12.3. The summed E-state index contributed by atoms with van der Waals surface area (Å²) < 4.78 is 0. The second kappa shape index (κ2) is 5.93. The fraction of sp³-hybridized carbons (Fsp3) is 0.571. The van der Waals surface area contributed by atoms with E-state index in [0.29, 0.717) is 26.2 Å². The zero-order valence-corrected chi connectivity index (χ0v) is 12.2. The van der Waals surface area contributed by atoms with Crippen LogP contribution in [0.15, 0.2) is 17.5 Å². The molecule has 2 saturated heterocycles. The van der Waals surface area contributed by atoms with Crippen molar-refractivity contribution in [3.8, 4) is 0 Å². The van der Waals surface area contributed by atoms with Crippen molar-refractivity contribution >= 4 is 23.2 Å². The molecule has 2 fully saturated rings. The van der Waals surface area contributed by atoms with Gasteiger partial charge in [0.1, 0.15) is 0 Å². The highest BCUT2D eigenvalue weighted by Crippen LogP contribution is 2.15. The number of amides is 2. The summed E-state index contributed by atoms with van der Waals surface area (Å²) >= 11 is 1.47. The monoisotopic (exact) mass is 293 g/mol. The third kappa shape index (κ3) is 2.71. The second-order valence-electron chi connectivity index (χ2n) is 5.24. The van der Waals surface area contributed by atoms with Crippen LogP contribution >= 0.6 is 11.3 Å². The molecule has 2 amide bonds. The van der Waals surface area contributed by atoms with Crippen LogP contribution in [0.25, 0.3) is 0 Å². The number of nitrogens with one attached hydrogen (secondary N) is 1. The number of rotatable bonds is 2. The molecule has 2 aliphatic rings. The molecule has 1 N–H and O–H groups in total. The highest BCUT2D eigenvalue weighted by atomic mass is 32.1. The summed E-state index contributed by atoms with van der Waals surface area (Å²) in [5.74, 6) is 0.289.